The first-order valence-electron chi connectivity index (χ1n) is 5.49. The van der Waals surface area contributed by atoms with Gasteiger partial charge in [0.1, 0.15) is 0 Å². The highest BCUT2D eigenvalue weighted by Crippen LogP contribution is 2.34. The highest BCUT2D eigenvalue weighted by molar-refractivity contribution is 5.47. The van der Waals surface area contributed by atoms with E-state index in [1.54, 1.807) is 0 Å². The minimum atomic E-state index is 0.251. The summed E-state index contributed by atoms with van der Waals surface area (Å²) in [5.41, 5.74) is 1.65. The molecule has 0 atom stereocenters. The Kier molecular flexibility index (Phi) is 2.76. The number of hydrogen-bond acceptors (Lipinski definition) is 1. The van der Waals surface area contributed by atoms with Crippen LogP contribution in [-0.4, -0.2) is 24.4 Å². The minimum Gasteiger partial charge on any atom is -0.345 e. The van der Waals surface area contributed by atoms with Crippen molar-refractivity contribution in [2.75, 3.05) is 13.1 Å². The third-order valence-electron chi connectivity index (χ3n) is 3.52. The third-order valence-corrected chi connectivity index (χ3v) is 3.52. The van der Waals surface area contributed by atoms with Gasteiger partial charge >= 0.3 is 0 Å². The van der Waals surface area contributed by atoms with Gasteiger partial charge in [-0.2, -0.15) is 0 Å². The number of carbonyl (C=O) groups is 1. The molecule has 1 heterocycles. The van der Waals surface area contributed by atoms with E-state index in [0.29, 0.717) is 0 Å². The van der Waals surface area contributed by atoms with Crippen LogP contribution in [0.5, 0.6) is 0 Å². The molecule has 1 amide bonds. The molecule has 80 valence electrons. The van der Waals surface area contributed by atoms with Crippen molar-refractivity contribution in [1.29, 1.82) is 0 Å². The molecule has 0 radical (unpaired) electrons. The number of piperidine rings is 1. The normalized spacial score (nSPS) is 19.9. The number of rotatable bonds is 2. The van der Waals surface area contributed by atoms with Crippen LogP contribution in [0.1, 0.15) is 25.3 Å². The van der Waals surface area contributed by atoms with E-state index in [0.717, 1.165) is 32.3 Å². The van der Waals surface area contributed by atoms with Crippen LogP contribution in [0.4, 0.5) is 0 Å². The average molecular weight is 203 g/mol. The fourth-order valence-electron chi connectivity index (χ4n) is 2.25. The Balaban J connectivity index is 2.13. The van der Waals surface area contributed by atoms with Crippen LogP contribution in [0.15, 0.2) is 30.3 Å². The summed E-state index contributed by atoms with van der Waals surface area (Å²) in [6.07, 6.45) is 3.09. The van der Waals surface area contributed by atoms with Gasteiger partial charge in [0.25, 0.3) is 0 Å². The molecule has 1 saturated heterocycles. The molecule has 0 unspecified atom stereocenters. The van der Waals surface area contributed by atoms with E-state index in [1.165, 1.54) is 5.56 Å². The summed E-state index contributed by atoms with van der Waals surface area (Å²) in [7, 11) is 0. The molecule has 1 aliphatic heterocycles. The summed E-state index contributed by atoms with van der Waals surface area (Å²) in [6, 6.07) is 10.6. The second-order valence-electron chi connectivity index (χ2n) is 4.57. The Hall–Kier alpha value is -1.31. The first kappa shape index (κ1) is 10.2. The van der Waals surface area contributed by atoms with Gasteiger partial charge < -0.3 is 4.90 Å². The van der Waals surface area contributed by atoms with E-state index < -0.39 is 0 Å². The zero-order chi connectivity index (χ0) is 10.7. The van der Waals surface area contributed by atoms with Gasteiger partial charge in [-0.05, 0) is 23.8 Å². The number of hydrogen-bond donors (Lipinski definition) is 0. The Morgan fingerprint density at radius 3 is 2.33 bits per heavy atom. The zero-order valence-corrected chi connectivity index (χ0v) is 9.15. The van der Waals surface area contributed by atoms with Crippen molar-refractivity contribution >= 4 is 6.41 Å². The Labute approximate surface area is 90.9 Å². The van der Waals surface area contributed by atoms with E-state index in [-0.39, 0.29) is 5.41 Å². The quantitative estimate of drug-likeness (QED) is 0.675. The molecule has 0 bridgehead atoms. The van der Waals surface area contributed by atoms with Crippen LogP contribution >= 0.6 is 0 Å². The lowest BCUT2D eigenvalue weighted by Crippen LogP contribution is -2.40. The lowest BCUT2D eigenvalue weighted by molar-refractivity contribution is -0.119. The topological polar surface area (TPSA) is 20.3 Å². The maximum Gasteiger partial charge on any atom is 0.209 e. The number of nitrogens with zero attached hydrogens (tertiary/aromatic N) is 1. The van der Waals surface area contributed by atoms with E-state index in [9.17, 15) is 4.79 Å². The van der Waals surface area contributed by atoms with Crippen molar-refractivity contribution in [1.82, 2.24) is 4.90 Å². The monoisotopic (exact) mass is 203 g/mol. The van der Waals surface area contributed by atoms with Gasteiger partial charge in [-0.15, -0.1) is 0 Å². The summed E-state index contributed by atoms with van der Waals surface area (Å²) >= 11 is 0. The molecule has 0 spiro atoms. The van der Waals surface area contributed by atoms with Crippen LogP contribution in [0.25, 0.3) is 0 Å². The maximum absolute atomic E-state index is 10.6. The average Bonchev–Trinajstić information content (AvgIpc) is 2.31. The van der Waals surface area contributed by atoms with Crippen molar-refractivity contribution in [2.24, 2.45) is 0 Å². The zero-order valence-electron chi connectivity index (χ0n) is 9.15. The van der Waals surface area contributed by atoms with Crippen molar-refractivity contribution < 1.29 is 4.79 Å². The first-order valence-corrected chi connectivity index (χ1v) is 5.49. The van der Waals surface area contributed by atoms with E-state index in [2.05, 4.69) is 31.2 Å². The lowest BCUT2D eigenvalue weighted by Gasteiger charge is -2.38. The molecule has 1 aromatic carbocycles. The minimum absolute atomic E-state index is 0.251. The third kappa shape index (κ3) is 2.04. The van der Waals surface area contributed by atoms with Crippen molar-refractivity contribution in [2.45, 2.75) is 25.2 Å². The molecular weight excluding hydrogens is 186 g/mol. The molecular formula is C13H17NO. The molecule has 1 fully saturated rings. The van der Waals surface area contributed by atoms with Crippen molar-refractivity contribution in [3.63, 3.8) is 0 Å². The second-order valence-corrected chi connectivity index (χ2v) is 4.57. The fraction of sp³-hybridized carbons (Fsp3) is 0.462. The second kappa shape index (κ2) is 4.05. The van der Waals surface area contributed by atoms with Crippen LogP contribution < -0.4 is 0 Å². The molecule has 0 N–H and O–H groups in total. The Morgan fingerprint density at radius 1 is 1.20 bits per heavy atom. The van der Waals surface area contributed by atoms with E-state index in [4.69, 9.17) is 0 Å². The molecule has 1 aromatic rings. The van der Waals surface area contributed by atoms with Gasteiger partial charge in [0, 0.05) is 13.1 Å². The summed E-state index contributed by atoms with van der Waals surface area (Å²) in [6.45, 7) is 4.06. The van der Waals surface area contributed by atoms with Gasteiger partial charge in [-0.1, -0.05) is 37.3 Å². The molecule has 15 heavy (non-hydrogen) atoms. The van der Waals surface area contributed by atoms with Gasteiger partial charge in [0.2, 0.25) is 6.41 Å². The number of carbonyl (C=O) groups excluding carboxylic acids is 1. The van der Waals surface area contributed by atoms with Crippen molar-refractivity contribution in [3.8, 4) is 0 Å². The smallest absolute Gasteiger partial charge is 0.209 e. The number of likely N-dealkylation sites (tertiary alicyclic amines) is 1. The molecule has 0 saturated carbocycles. The fourth-order valence-corrected chi connectivity index (χ4v) is 2.25. The van der Waals surface area contributed by atoms with Crippen LogP contribution in [0, 0.1) is 0 Å². The summed E-state index contributed by atoms with van der Waals surface area (Å²) in [5, 5.41) is 0. The first-order chi connectivity index (χ1) is 7.24. The number of benzene rings is 1. The molecule has 0 aromatic heterocycles. The summed E-state index contributed by atoms with van der Waals surface area (Å²) in [5.74, 6) is 0. The number of amides is 1. The lowest BCUT2D eigenvalue weighted by atomic mass is 9.75. The van der Waals surface area contributed by atoms with Crippen LogP contribution in [0.3, 0.4) is 0 Å². The standard InChI is InChI=1S/C13H17NO/c1-13(12-5-3-2-4-6-12)7-9-14(11-15)10-8-13/h2-6,11H,7-10H2,1H3. The SMILES string of the molecule is CC1(c2ccccc2)CCN(C=O)CC1. The molecule has 2 rings (SSSR count). The highest BCUT2D eigenvalue weighted by atomic mass is 16.1. The van der Waals surface area contributed by atoms with Gasteiger partial charge in [0.15, 0.2) is 0 Å². The maximum atomic E-state index is 10.6. The highest BCUT2D eigenvalue weighted by Gasteiger charge is 2.30. The van der Waals surface area contributed by atoms with Crippen LogP contribution in [-0.2, 0) is 10.2 Å². The molecule has 2 heteroatoms. The molecule has 1 aliphatic rings. The predicted molar refractivity (Wildman–Crippen MR) is 60.7 cm³/mol. The summed E-state index contributed by atoms with van der Waals surface area (Å²) in [4.78, 5) is 12.5. The van der Waals surface area contributed by atoms with Crippen LogP contribution in [0.2, 0.25) is 0 Å². The largest absolute Gasteiger partial charge is 0.345 e. The molecule has 2 nitrogen and oxygen atoms in total. The van der Waals surface area contributed by atoms with E-state index >= 15 is 0 Å². The van der Waals surface area contributed by atoms with E-state index in [1.807, 2.05) is 11.0 Å². The Bertz CT molecular complexity index is 326. The van der Waals surface area contributed by atoms with Crippen molar-refractivity contribution in [3.05, 3.63) is 35.9 Å². The summed E-state index contributed by atoms with van der Waals surface area (Å²) < 4.78 is 0. The van der Waals surface area contributed by atoms with Gasteiger partial charge in [-0.3, -0.25) is 4.79 Å². The molecule has 0 aliphatic carbocycles. The van der Waals surface area contributed by atoms with Gasteiger partial charge in [0.05, 0.1) is 0 Å². The predicted octanol–water partition coefficient (Wildman–Crippen LogP) is 2.20. The Morgan fingerprint density at radius 2 is 1.80 bits per heavy atom. The van der Waals surface area contributed by atoms with Gasteiger partial charge in [-0.25, -0.2) is 0 Å².